The maximum absolute atomic E-state index is 11.1. The van der Waals surface area contributed by atoms with Gasteiger partial charge in [-0.25, -0.2) is 9.78 Å². The van der Waals surface area contributed by atoms with E-state index < -0.39 is 11.2 Å². The summed E-state index contributed by atoms with van der Waals surface area (Å²) in [6, 6.07) is 0. The van der Waals surface area contributed by atoms with Crippen molar-refractivity contribution >= 4 is 11.2 Å². The minimum atomic E-state index is -0.459. The largest absolute Gasteiger partial charge is 0.339 e. The lowest BCUT2D eigenvalue weighted by Gasteiger charge is -1.94. The van der Waals surface area contributed by atoms with Crippen LogP contribution in [-0.4, -0.2) is 19.5 Å². The Balaban J connectivity index is 3.18. The Bertz CT molecular complexity index is 532. The fraction of sp³-hybridized carbons (Fsp3) is 0.167. The molecule has 2 aromatic rings. The first-order valence-electron chi connectivity index (χ1n) is 3.32. The standard InChI is InChI=1S/C6H6N4O2/c1-10-4-3(7-2-8-4)5(11)9-6(10)12/h2H,1H3,(H,7,8)(H,9,11,12)/i1+1. The van der Waals surface area contributed by atoms with Crippen LogP contribution < -0.4 is 11.2 Å². The maximum atomic E-state index is 11.1. The van der Waals surface area contributed by atoms with Crippen molar-refractivity contribution in [3.05, 3.63) is 27.2 Å². The zero-order valence-corrected chi connectivity index (χ0v) is 6.29. The molecule has 2 N–H and O–H groups in total. The van der Waals surface area contributed by atoms with Crippen LogP contribution in [0.25, 0.3) is 11.2 Å². The molecule has 0 spiro atoms. The zero-order valence-electron chi connectivity index (χ0n) is 6.29. The van der Waals surface area contributed by atoms with Gasteiger partial charge in [-0.2, -0.15) is 0 Å². The molecular weight excluding hydrogens is 161 g/mol. The van der Waals surface area contributed by atoms with Gasteiger partial charge >= 0.3 is 5.69 Å². The van der Waals surface area contributed by atoms with Gasteiger partial charge in [-0.05, 0) is 0 Å². The fourth-order valence-corrected chi connectivity index (χ4v) is 1.05. The Labute approximate surface area is 65.9 Å². The Kier molecular flexibility index (Phi) is 1.18. The number of aromatic amines is 2. The first-order chi connectivity index (χ1) is 5.70. The number of rotatable bonds is 0. The molecule has 0 aliphatic rings. The number of aryl methyl sites for hydroxylation is 1. The van der Waals surface area contributed by atoms with Gasteiger partial charge in [0.2, 0.25) is 0 Å². The van der Waals surface area contributed by atoms with Crippen molar-refractivity contribution in [1.29, 1.82) is 0 Å². The van der Waals surface area contributed by atoms with E-state index in [2.05, 4.69) is 15.0 Å². The van der Waals surface area contributed by atoms with E-state index in [-0.39, 0.29) is 0 Å². The molecule has 6 nitrogen and oxygen atoms in total. The molecule has 2 aromatic heterocycles. The summed E-state index contributed by atoms with van der Waals surface area (Å²) in [5, 5.41) is 0. The molecule has 6 heteroatoms. The van der Waals surface area contributed by atoms with Crippen molar-refractivity contribution in [2.24, 2.45) is 7.05 Å². The topological polar surface area (TPSA) is 83.5 Å². The molecule has 0 radical (unpaired) electrons. The van der Waals surface area contributed by atoms with E-state index in [1.165, 1.54) is 10.9 Å². The van der Waals surface area contributed by atoms with Gasteiger partial charge < -0.3 is 4.98 Å². The SMILES string of the molecule is [13CH3]n1c(=O)[nH]c(=O)c2[nH]cnc21. The van der Waals surface area contributed by atoms with Gasteiger partial charge in [0.1, 0.15) is 5.52 Å². The van der Waals surface area contributed by atoms with Crippen LogP contribution in [0.15, 0.2) is 15.9 Å². The summed E-state index contributed by atoms with van der Waals surface area (Å²) in [6.07, 6.45) is 1.37. The number of nitrogens with zero attached hydrogens (tertiary/aromatic N) is 2. The van der Waals surface area contributed by atoms with E-state index in [0.29, 0.717) is 11.2 Å². The summed E-state index contributed by atoms with van der Waals surface area (Å²) in [7, 11) is 1.54. The average Bonchev–Trinajstić information content (AvgIpc) is 2.48. The number of fused-ring (bicyclic) bond motifs is 1. The summed E-state index contributed by atoms with van der Waals surface area (Å²) >= 11 is 0. The lowest BCUT2D eigenvalue weighted by Crippen LogP contribution is -2.28. The van der Waals surface area contributed by atoms with Crippen molar-refractivity contribution in [2.75, 3.05) is 0 Å². The molecular formula is C6H6N4O2. The highest BCUT2D eigenvalue weighted by Gasteiger charge is 2.04. The molecule has 0 saturated heterocycles. The van der Waals surface area contributed by atoms with Gasteiger partial charge in [0.25, 0.3) is 5.56 Å². The van der Waals surface area contributed by atoms with Gasteiger partial charge in [-0.15, -0.1) is 0 Å². The van der Waals surface area contributed by atoms with Gasteiger partial charge in [-0.1, -0.05) is 0 Å². The molecule has 2 rings (SSSR count). The molecule has 0 bridgehead atoms. The summed E-state index contributed by atoms with van der Waals surface area (Å²) in [5.74, 6) is 0. The van der Waals surface area contributed by atoms with Crippen molar-refractivity contribution in [3.63, 3.8) is 0 Å². The van der Waals surface area contributed by atoms with E-state index in [9.17, 15) is 9.59 Å². The van der Waals surface area contributed by atoms with Crippen LogP contribution in [0, 0.1) is 0 Å². The number of hydrogen-bond donors (Lipinski definition) is 2. The number of nitrogens with one attached hydrogen (secondary N) is 2. The quantitative estimate of drug-likeness (QED) is 0.491. The van der Waals surface area contributed by atoms with Crippen LogP contribution in [0.3, 0.4) is 0 Å². The van der Waals surface area contributed by atoms with Crippen LogP contribution in [0.4, 0.5) is 0 Å². The minimum Gasteiger partial charge on any atom is -0.339 e. The fourth-order valence-electron chi connectivity index (χ4n) is 1.05. The second kappa shape index (κ2) is 2.07. The van der Waals surface area contributed by atoms with Crippen molar-refractivity contribution in [1.82, 2.24) is 19.5 Å². The van der Waals surface area contributed by atoms with Crippen molar-refractivity contribution in [3.8, 4) is 0 Å². The van der Waals surface area contributed by atoms with E-state index >= 15 is 0 Å². The van der Waals surface area contributed by atoms with Crippen LogP contribution in [0.2, 0.25) is 0 Å². The normalized spacial score (nSPS) is 10.8. The van der Waals surface area contributed by atoms with Crippen LogP contribution in [0.5, 0.6) is 0 Å². The zero-order chi connectivity index (χ0) is 8.72. The predicted molar refractivity (Wildman–Crippen MR) is 42.0 cm³/mol. The molecule has 62 valence electrons. The van der Waals surface area contributed by atoms with Crippen LogP contribution in [-0.2, 0) is 7.05 Å². The number of aromatic nitrogens is 4. The maximum Gasteiger partial charge on any atom is 0.329 e. The van der Waals surface area contributed by atoms with E-state index in [1.807, 2.05) is 0 Å². The Hall–Kier alpha value is -1.85. The monoisotopic (exact) mass is 167 g/mol. The first-order valence-corrected chi connectivity index (χ1v) is 3.32. The molecule has 0 aliphatic heterocycles. The first kappa shape index (κ1) is 6.84. The van der Waals surface area contributed by atoms with E-state index in [4.69, 9.17) is 0 Å². The lowest BCUT2D eigenvalue weighted by molar-refractivity contribution is 0.832. The van der Waals surface area contributed by atoms with Crippen molar-refractivity contribution in [2.45, 2.75) is 0 Å². The van der Waals surface area contributed by atoms with Gasteiger partial charge in [-0.3, -0.25) is 14.3 Å². The smallest absolute Gasteiger partial charge is 0.329 e. The molecule has 0 amide bonds. The molecule has 0 aliphatic carbocycles. The number of imidazole rings is 1. The third-order valence-electron chi connectivity index (χ3n) is 1.69. The number of H-pyrrole nitrogens is 2. The van der Waals surface area contributed by atoms with Gasteiger partial charge in [0.05, 0.1) is 6.33 Å². The third kappa shape index (κ3) is 0.714. The Morgan fingerprint density at radius 1 is 1.50 bits per heavy atom. The molecule has 12 heavy (non-hydrogen) atoms. The second-order valence-electron chi connectivity index (χ2n) is 2.42. The number of hydrogen-bond acceptors (Lipinski definition) is 3. The predicted octanol–water partition coefficient (Wildman–Crippen LogP) is -1.05. The van der Waals surface area contributed by atoms with Gasteiger partial charge in [0, 0.05) is 7.05 Å². The second-order valence-corrected chi connectivity index (χ2v) is 2.42. The molecule has 0 saturated carbocycles. The average molecular weight is 167 g/mol. The molecule has 0 fully saturated rings. The Morgan fingerprint density at radius 3 is 3.00 bits per heavy atom. The molecule has 2 heterocycles. The van der Waals surface area contributed by atoms with Crippen LogP contribution >= 0.6 is 0 Å². The summed E-state index contributed by atoms with van der Waals surface area (Å²) in [5.41, 5.74) is -0.217. The highest BCUT2D eigenvalue weighted by molar-refractivity contribution is 5.68. The summed E-state index contributed by atoms with van der Waals surface area (Å²) in [6.45, 7) is 0. The third-order valence-corrected chi connectivity index (χ3v) is 1.69. The molecule has 0 atom stereocenters. The Morgan fingerprint density at radius 2 is 2.25 bits per heavy atom. The molecule has 0 unspecified atom stereocenters. The lowest BCUT2D eigenvalue weighted by atomic mass is 10.5. The highest BCUT2D eigenvalue weighted by Crippen LogP contribution is 1.96. The van der Waals surface area contributed by atoms with E-state index in [0.717, 1.165) is 0 Å². The summed E-state index contributed by atoms with van der Waals surface area (Å²) < 4.78 is 1.27. The van der Waals surface area contributed by atoms with E-state index in [1.54, 1.807) is 7.05 Å². The summed E-state index contributed by atoms with van der Waals surface area (Å²) in [4.78, 5) is 30.7. The van der Waals surface area contributed by atoms with Crippen molar-refractivity contribution < 1.29 is 0 Å². The van der Waals surface area contributed by atoms with Gasteiger partial charge in [0.15, 0.2) is 5.65 Å². The minimum absolute atomic E-state index is 0.317. The molecule has 0 aromatic carbocycles. The van der Waals surface area contributed by atoms with Crippen LogP contribution in [0.1, 0.15) is 0 Å². The highest BCUT2D eigenvalue weighted by atomic mass is 16.2.